The van der Waals surface area contributed by atoms with Gasteiger partial charge in [0.05, 0.1) is 5.56 Å². The molecular formula is C14H17N3O4. The third-order valence-electron chi connectivity index (χ3n) is 3.32. The average molecular weight is 291 g/mol. The number of carbonyl (C=O) groups excluding carboxylic acids is 2. The Morgan fingerprint density at radius 1 is 1.38 bits per heavy atom. The van der Waals surface area contributed by atoms with Crippen molar-refractivity contribution in [3.8, 4) is 0 Å². The lowest BCUT2D eigenvalue weighted by atomic mass is 10.1. The summed E-state index contributed by atoms with van der Waals surface area (Å²) in [5, 5.41) is 17.0. The van der Waals surface area contributed by atoms with Crippen LogP contribution in [0.1, 0.15) is 28.8 Å². The van der Waals surface area contributed by atoms with E-state index >= 15 is 0 Å². The van der Waals surface area contributed by atoms with Gasteiger partial charge in [0.2, 0.25) is 5.91 Å². The number of aryl methyl sites for hydroxylation is 1. The van der Waals surface area contributed by atoms with Gasteiger partial charge in [0, 0.05) is 24.7 Å². The zero-order valence-electron chi connectivity index (χ0n) is 11.6. The van der Waals surface area contributed by atoms with Crippen LogP contribution in [-0.4, -0.2) is 35.6 Å². The molecule has 3 amide bonds. The molecule has 7 heteroatoms. The summed E-state index contributed by atoms with van der Waals surface area (Å²) in [5.41, 5.74) is 1.30. The van der Waals surface area contributed by atoms with Gasteiger partial charge in [-0.3, -0.25) is 4.79 Å². The van der Waals surface area contributed by atoms with E-state index in [1.54, 1.807) is 19.1 Å². The van der Waals surface area contributed by atoms with Crippen LogP contribution in [0.25, 0.3) is 0 Å². The number of amides is 3. The van der Waals surface area contributed by atoms with Gasteiger partial charge < -0.3 is 21.1 Å². The minimum Gasteiger partial charge on any atom is -0.478 e. The Labute approximate surface area is 121 Å². The summed E-state index contributed by atoms with van der Waals surface area (Å²) >= 11 is 0. The molecule has 0 saturated carbocycles. The zero-order chi connectivity index (χ0) is 15.4. The molecule has 1 atom stereocenters. The normalized spacial score (nSPS) is 17.8. The lowest BCUT2D eigenvalue weighted by Crippen LogP contribution is -2.48. The van der Waals surface area contributed by atoms with Crippen molar-refractivity contribution in [3.05, 3.63) is 29.3 Å². The average Bonchev–Trinajstić information content (AvgIpc) is 2.41. The molecule has 1 aromatic rings. The second kappa shape index (κ2) is 6.25. The van der Waals surface area contributed by atoms with E-state index in [4.69, 9.17) is 5.11 Å². The predicted octanol–water partition coefficient (Wildman–Crippen LogP) is 1.09. The number of benzene rings is 1. The molecule has 0 aromatic heterocycles. The number of carboxylic acids is 1. The molecule has 7 nitrogen and oxygen atoms in total. The lowest BCUT2D eigenvalue weighted by Gasteiger charge is -2.23. The molecule has 1 unspecified atom stereocenters. The molecule has 0 bridgehead atoms. The van der Waals surface area contributed by atoms with Gasteiger partial charge in [-0.2, -0.15) is 0 Å². The van der Waals surface area contributed by atoms with Gasteiger partial charge >= 0.3 is 12.0 Å². The van der Waals surface area contributed by atoms with E-state index in [-0.39, 0.29) is 23.5 Å². The van der Waals surface area contributed by atoms with Crippen LogP contribution >= 0.6 is 0 Å². The number of anilines is 1. The number of carbonyl (C=O) groups is 3. The molecule has 1 aliphatic rings. The van der Waals surface area contributed by atoms with Crippen LogP contribution < -0.4 is 16.0 Å². The smallest absolute Gasteiger partial charge is 0.335 e. The van der Waals surface area contributed by atoms with Gasteiger partial charge in [0.15, 0.2) is 0 Å². The summed E-state index contributed by atoms with van der Waals surface area (Å²) in [7, 11) is 0. The van der Waals surface area contributed by atoms with Gasteiger partial charge in [-0.05, 0) is 37.1 Å². The highest BCUT2D eigenvalue weighted by atomic mass is 16.4. The molecule has 2 rings (SSSR count). The minimum absolute atomic E-state index is 0.00616. The number of urea groups is 1. The van der Waals surface area contributed by atoms with Crippen LogP contribution in [0.3, 0.4) is 0 Å². The second-order valence-corrected chi connectivity index (χ2v) is 4.97. The van der Waals surface area contributed by atoms with E-state index in [9.17, 15) is 14.4 Å². The Hall–Kier alpha value is -2.57. The van der Waals surface area contributed by atoms with Gasteiger partial charge in [0.1, 0.15) is 0 Å². The summed E-state index contributed by atoms with van der Waals surface area (Å²) < 4.78 is 0. The maximum Gasteiger partial charge on any atom is 0.335 e. The molecule has 1 saturated heterocycles. The van der Waals surface area contributed by atoms with Gasteiger partial charge in [-0.1, -0.05) is 0 Å². The van der Waals surface area contributed by atoms with Gasteiger partial charge in [0.25, 0.3) is 0 Å². The van der Waals surface area contributed by atoms with Crippen molar-refractivity contribution in [2.75, 3.05) is 11.9 Å². The number of carboxylic acid groups (broad SMARTS) is 1. The first-order chi connectivity index (χ1) is 9.95. The van der Waals surface area contributed by atoms with Gasteiger partial charge in [-0.25, -0.2) is 9.59 Å². The number of nitrogens with one attached hydrogen (secondary N) is 3. The van der Waals surface area contributed by atoms with E-state index in [2.05, 4.69) is 16.0 Å². The largest absolute Gasteiger partial charge is 0.478 e. The number of piperidine rings is 1. The molecule has 1 fully saturated rings. The van der Waals surface area contributed by atoms with E-state index < -0.39 is 5.97 Å². The van der Waals surface area contributed by atoms with Crippen molar-refractivity contribution >= 4 is 23.6 Å². The maximum absolute atomic E-state index is 11.8. The van der Waals surface area contributed by atoms with E-state index in [0.29, 0.717) is 30.6 Å². The summed E-state index contributed by atoms with van der Waals surface area (Å²) in [6.45, 7) is 2.09. The van der Waals surface area contributed by atoms with E-state index in [1.165, 1.54) is 6.07 Å². The highest BCUT2D eigenvalue weighted by molar-refractivity contribution is 5.93. The minimum atomic E-state index is -0.999. The van der Waals surface area contributed by atoms with Crippen molar-refractivity contribution in [2.24, 2.45) is 0 Å². The van der Waals surface area contributed by atoms with Crippen LogP contribution in [0, 0.1) is 6.92 Å². The molecule has 4 N–H and O–H groups in total. The Kier molecular flexibility index (Phi) is 4.42. The summed E-state index contributed by atoms with van der Waals surface area (Å²) in [5.74, 6) is -1.00. The number of rotatable bonds is 3. The van der Waals surface area contributed by atoms with Crippen LogP contribution in [0.4, 0.5) is 10.5 Å². The van der Waals surface area contributed by atoms with Crippen LogP contribution in [0.5, 0.6) is 0 Å². The predicted molar refractivity (Wildman–Crippen MR) is 76.3 cm³/mol. The van der Waals surface area contributed by atoms with Gasteiger partial charge in [-0.15, -0.1) is 0 Å². The second-order valence-electron chi connectivity index (χ2n) is 4.97. The molecule has 0 spiro atoms. The van der Waals surface area contributed by atoms with Crippen molar-refractivity contribution in [3.63, 3.8) is 0 Å². The van der Waals surface area contributed by atoms with Crippen molar-refractivity contribution in [1.29, 1.82) is 0 Å². The summed E-state index contributed by atoms with van der Waals surface area (Å²) in [4.78, 5) is 33.8. The monoisotopic (exact) mass is 291 g/mol. The van der Waals surface area contributed by atoms with Crippen LogP contribution in [0.15, 0.2) is 18.2 Å². The van der Waals surface area contributed by atoms with E-state index in [1.807, 2.05) is 0 Å². The topological polar surface area (TPSA) is 108 Å². The highest BCUT2D eigenvalue weighted by Crippen LogP contribution is 2.15. The molecular weight excluding hydrogens is 274 g/mol. The van der Waals surface area contributed by atoms with Crippen molar-refractivity contribution < 1.29 is 19.5 Å². The fraction of sp³-hybridized carbons (Fsp3) is 0.357. The Morgan fingerprint density at radius 3 is 2.71 bits per heavy atom. The Balaban J connectivity index is 1.92. The quantitative estimate of drug-likeness (QED) is 0.668. The lowest BCUT2D eigenvalue weighted by molar-refractivity contribution is -0.122. The Bertz CT molecular complexity index is 576. The molecule has 112 valence electrons. The third-order valence-corrected chi connectivity index (χ3v) is 3.32. The fourth-order valence-electron chi connectivity index (χ4n) is 2.19. The van der Waals surface area contributed by atoms with Crippen LogP contribution in [-0.2, 0) is 4.79 Å². The van der Waals surface area contributed by atoms with Crippen LogP contribution in [0.2, 0.25) is 0 Å². The van der Waals surface area contributed by atoms with Crippen molar-refractivity contribution in [2.45, 2.75) is 25.8 Å². The van der Waals surface area contributed by atoms with E-state index in [0.717, 1.165) is 0 Å². The molecule has 0 radical (unpaired) electrons. The van der Waals surface area contributed by atoms with Crippen molar-refractivity contribution in [1.82, 2.24) is 10.6 Å². The SMILES string of the molecule is Cc1cc(NC(=O)NC2CCC(=O)NC2)ccc1C(=O)O. The fourth-order valence-corrected chi connectivity index (χ4v) is 2.19. The molecule has 1 aromatic carbocycles. The zero-order valence-corrected chi connectivity index (χ0v) is 11.6. The molecule has 1 heterocycles. The number of aromatic carboxylic acids is 1. The first-order valence-corrected chi connectivity index (χ1v) is 6.64. The first-order valence-electron chi connectivity index (χ1n) is 6.64. The highest BCUT2D eigenvalue weighted by Gasteiger charge is 2.19. The molecule has 1 aliphatic heterocycles. The third kappa shape index (κ3) is 3.95. The number of hydrogen-bond acceptors (Lipinski definition) is 3. The number of hydrogen-bond donors (Lipinski definition) is 4. The maximum atomic E-state index is 11.8. The first kappa shape index (κ1) is 14.8. The Morgan fingerprint density at radius 2 is 2.14 bits per heavy atom. The summed E-state index contributed by atoms with van der Waals surface area (Å²) in [6, 6.07) is 4.12. The molecule has 21 heavy (non-hydrogen) atoms. The summed E-state index contributed by atoms with van der Waals surface area (Å²) in [6.07, 6.45) is 1.01. The standard InChI is InChI=1S/C14H17N3O4/c1-8-6-9(2-4-11(8)13(19)20)16-14(21)17-10-3-5-12(18)15-7-10/h2,4,6,10H,3,5,7H2,1H3,(H,15,18)(H,19,20)(H2,16,17,21). The molecule has 0 aliphatic carbocycles.